The Hall–Kier alpha value is -0.280. The van der Waals surface area contributed by atoms with E-state index in [4.69, 9.17) is 10.5 Å². The maximum atomic E-state index is 5.59. The van der Waals surface area contributed by atoms with Gasteiger partial charge in [0, 0.05) is 19.2 Å². The van der Waals surface area contributed by atoms with Crippen molar-refractivity contribution in [1.29, 1.82) is 0 Å². The van der Waals surface area contributed by atoms with Crippen molar-refractivity contribution in [2.75, 3.05) is 7.11 Å². The molecule has 0 saturated heterocycles. The zero-order valence-corrected chi connectivity index (χ0v) is 7.39. The Morgan fingerprint density at radius 1 is 1.80 bits per heavy atom. The molecule has 0 bridgehead atoms. The maximum absolute atomic E-state index is 5.59. The molecule has 1 aliphatic carbocycles. The zero-order valence-electron chi connectivity index (χ0n) is 5.80. The molecule has 1 aliphatic rings. The SMILES string of the molecule is COC1(Br)C=CC=C(N)C1. The van der Waals surface area contributed by atoms with Gasteiger partial charge in [0.15, 0.2) is 0 Å². The van der Waals surface area contributed by atoms with Gasteiger partial charge in [-0.15, -0.1) is 0 Å². The normalized spacial score (nSPS) is 32.0. The lowest BCUT2D eigenvalue weighted by atomic mass is 10.1. The molecule has 0 aromatic heterocycles. The van der Waals surface area contributed by atoms with Gasteiger partial charge in [-0.25, -0.2) is 0 Å². The Kier molecular flexibility index (Phi) is 2.16. The molecule has 1 rings (SSSR count). The molecule has 0 aromatic rings. The van der Waals surface area contributed by atoms with E-state index < -0.39 is 0 Å². The lowest BCUT2D eigenvalue weighted by Gasteiger charge is -2.24. The Balaban J connectivity index is 2.71. The van der Waals surface area contributed by atoms with Gasteiger partial charge in [0.05, 0.1) is 0 Å². The summed E-state index contributed by atoms with van der Waals surface area (Å²) in [6.07, 6.45) is 6.40. The molecule has 1 unspecified atom stereocenters. The van der Waals surface area contributed by atoms with Crippen LogP contribution in [-0.2, 0) is 4.74 Å². The first kappa shape index (κ1) is 7.82. The van der Waals surface area contributed by atoms with Crippen molar-refractivity contribution in [2.45, 2.75) is 10.9 Å². The van der Waals surface area contributed by atoms with Gasteiger partial charge in [-0.2, -0.15) is 0 Å². The molecule has 0 aliphatic heterocycles. The minimum absolute atomic E-state index is 0.369. The first-order chi connectivity index (χ1) is 4.66. The second-order valence-electron chi connectivity index (χ2n) is 2.27. The summed E-state index contributed by atoms with van der Waals surface area (Å²) in [4.78, 5) is 0. The minimum atomic E-state index is -0.369. The topological polar surface area (TPSA) is 35.2 Å². The second kappa shape index (κ2) is 2.76. The van der Waals surface area contributed by atoms with E-state index >= 15 is 0 Å². The lowest BCUT2D eigenvalue weighted by Crippen LogP contribution is -2.24. The third kappa shape index (κ3) is 1.61. The van der Waals surface area contributed by atoms with E-state index in [0.29, 0.717) is 6.42 Å². The highest BCUT2D eigenvalue weighted by molar-refractivity contribution is 9.10. The van der Waals surface area contributed by atoms with Gasteiger partial charge in [-0.1, -0.05) is 6.08 Å². The number of halogens is 1. The summed E-state index contributed by atoms with van der Waals surface area (Å²) in [5.74, 6) is 0. The lowest BCUT2D eigenvalue weighted by molar-refractivity contribution is 0.116. The van der Waals surface area contributed by atoms with Crippen molar-refractivity contribution < 1.29 is 4.74 Å². The highest BCUT2D eigenvalue weighted by atomic mass is 79.9. The first-order valence-electron chi connectivity index (χ1n) is 3.04. The average molecular weight is 204 g/mol. The van der Waals surface area contributed by atoms with Crippen molar-refractivity contribution in [1.82, 2.24) is 0 Å². The predicted molar refractivity (Wildman–Crippen MR) is 44.7 cm³/mol. The van der Waals surface area contributed by atoms with Crippen LogP contribution in [0, 0.1) is 0 Å². The molecule has 10 heavy (non-hydrogen) atoms. The highest BCUT2D eigenvalue weighted by Gasteiger charge is 2.24. The quantitative estimate of drug-likeness (QED) is 0.657. The molecule has 0 radical (unpaired) electrons. The van der Waals surface area contributed by atoms with Crippen LogP contribution in [0.15, 0.2) is 23.9 Å². The molecular formula is C7H10BrNO. The summed E-state index contributed by atoms with van der Waals surface area (Å²) < 4.78 is 4.79. The summed E-state index contributed by atoms with van der Waals surface area (Å²) in [5, 5.41) is 0. The largest absolute Gasteiger partial charge is 0.402 e. The van der Waals surface area contributed by atoms with Crippen LogP contribution in [0.5, 0.6) is 0 Å². The summed E-state index contributed by atoms with van der Waals surface area (Å²) in [5.41, 5.74) is 6.42. The molecule has 2 nitrogen and oxygen atoms in total. The monoisotopic (exact) mass is 203 g/mol. The van der Waals surface area contributed by atoms with Crippen LogP contribution in [0.4, 0.5) is 0 Å². The molecule has 0 amide bonds. The highest BCUT2D eigenvalue weighted by Crippen LogP contribution is 2.29. The van der Waals surface area contributed by atoms with Gasteiger partial charge in [-0.3, -0.25) is 0 Å². The Morgan fingerprint density at radius 3 is 2.90 bits per heavy atom. The average Bonchev–Trinajstić information content (AvgIpc) is 1.88. The van der Waals surface area contributed by atoms with Crippen LogP contribution in [0.25, 0.3) is 0 Å². The molecule has 0 spiro atoms. The van der Waals surface area contributed by atoms with Crippen LogP contribution in [0.1, 0.15) is 6.42 Å². The van der Waals surface area contributed by atoms with Crippen LogP contribution >= 0.6 is 15.9 Å². The zero-order chi connectivity index (χ0) is 7.61. The summed E-state index contributed by atoms with van der Waals surface area (Å²) in [6, 6.07) is 0. The maximum Gasteiger partial charge on any atom is 0.146 e. The van der Waals surface area contributed by atoms with Gasteiger partial charge in [0.1, 0.15) is 4.51 Å². The number of allylic oxidation sites excluding steroid dienone is 2. The summed E-state index contributed by atoms with van der Waals surface area (Å²) in [6.45, 7) is 0. The number of alkyl halides is 1. The molecule has 0 saturated carbocycles. The van der Waals surface area contributed by atoms with Crippen molar-refractivity contribution in [3.8, 4) is 0 Å². The van der Waals surface area contributed by atoms with Crippen molar-refractivity contribution in [2.24, 2.45) is 5.73 Å². The van der Waals surface area contributed by atoms with Crippen LogP contribution in [0.3, 0.4) is 0 Å². The first-order valence-corrected chi connectivity index (χ1v) is 3.83. The van der Waals surface area contributed by atoms with Gasteiger partial charge >= 0.3 is 0 Å². The number of methoxy groups -OCH3 is 1. The van der Waals surface area contributed by atoms with Crippen LogP contribution < -0.4 is 5.73 Å². The van der Waals surface area contributed by atoms with Gasteiger partial charge in [0.2, 0.25) is 0 Å². The third-order valence-electron chi connectivity index (χ3n) is 1.44. The molecule has 56 valence electrons. The fourth-order valence-corrected chi connectivity index (χ4v) is 1.33. The van der Waals surface area contributed by atoms with E-state index in [0.717, 1.165) is 5.70 Å². The molecule has 2 N–H and O–H groups in total. The molecule has 1 atom stereocenters. The number of rotatable bonds is 1. The smallest absolute Gasteiger partial charge is 0.146 e. The molecule has 0 heterocycles. The van der Waals surface area contributed by atoms with E-state index in [1.807, 2.05) is 18.2 Å². The third-order valence-corrected chi connectivity index (χ3v) is 2.31. The standard InChI is InChI=1S/C7H10BrNO/c1-10-7(8)4-2-3-6(9)5-7/h2-4H,5,9H2,1H3. The van der Waals surface area contributed by atoms with E-state index in [2.05, 4.69) is 15.9 Å². The number of hydrogen-bond acceptors (Lipinski definition) is 2. The molecule has 0 aromatic carbocycles. The summed E-state index contributed by atoms with van der Waals surface area (Å²) in [7, 11) is 1.65. The Bertz CT molecular complexity index is 188. The van der Waals surface area contributed by atoms with E-state index in [-0.39, 0.29) is 4.51 Å². The van der Waals surface area contributed by atoms with Gasteiger partial charge < -0.3 is 10.5 Å². The number of ether oxygens (including phenoxy) is 1. The van der Waals surface area contributed by atoms with Gasteiger partial charge in [-0.05, 0) is 28.1 Å². The molecule has 3 heteroatoms. The predicted octanol–water partition coefficient (Wildman–Crippen LogP) is 1.53. The van der Waals surface area contributed by atoms with Crippen molar-refractivity contribution in [3.05, 3.63) is 23.9 Å². The second-order valence-corrected chi connectivity index (χ2v) is 3.61. The van der Waals surface area contributed by atoms with E-state index in [1.54, 1.807) is 7.11 Å². The fraction of sp³-hybridized carbons (Fsp3) is 0.429. The summed E-state index contributed by atoms with van der Waals surface area (Å²) >= 11 is 3.41. The minimum Gasteiger partial charge on any atom is -0.402 e. The van der Waals surface area contributed by atoms with Crippen LogP contribution in [0.2, 0.25) is 0 Å². The van der Waals surface area contributed by atoms with Crippen LogP contribution in [-0.4, -0.2) is 11.6 Å². The molecule has 0 fully saturated rings. The number of hydrogen-bond donors (Lipinski definition) is 1. The molecular weight excluding hydrogens is 194 g/mol. The van der Waals surface area contributed by atoms with Crippen molar-refractivity contribution >= 4 is 15.9 Å². The van der Waals surface area contributed by atoms with E-state index in [1.165, 1.54) is 0 Å². The Morgan fingerprint density at radius 2 is 2.50 bits per heavy atom. The fourth-order valence-electron chi connectivity index (χ4n) is 0.852. The Labute approximate surface area is 68.9 Å². The van der Waals surface area contributed by atoms with E-state index in [9.17, 15) is 0 Å². The number of nitrogens with two attached hydrogens (primary N) is 1. The van der Waals surface area contributed by atoms with Crippen molar-refractivity contribution in [3.63, 3.8) is 0 Å². The van der Waals surface area contributed by atoms with Gasteiger partial charge in [0.25, 0.3) is 0 Å².